The van der Waals surface area contributed by atoms with Gasteiger partial charge in [-0.15, -0.1) is 0 Å². The van der Waals surface area contributed by atoms with Gasteiger partial charge in [0.05, 0.1) is 7.11 Å². The second-order valence-corrected chi connectivity index (χ2v) is 7.87. The topological polar surface area (TPSA) is 87.4 Å². The highest BCUT2D eigenvalue weighted by molar-refractivity contribution is 5.94. The molecule has 1 amide bonds. The van der Waals surface area contributed by atoms with Gasteiger partial charge in [-0.2, -0.15) is 5.10 Å². The number of rotatable bonds is 7. The number of aromatic nitrogens is 3. The van der Waals surface area contributed by atoms with E-state index in [1.807, 2.05) is 31.2 Å². The molecule has 8 nitrogen and oxygen atoms in total. The number of nitrogens with one attached hydrogen (secondary N) is 1. The Labute approximate surface area is 186 Å². The Bertz CT molecular complexity index is 1120. The fourth-order valence-electron chi connectivity index (χ4n) is 3.85. The molecule has 1 aliphatic heterocycles. The predicted molar refractivity (Wildman–Crippen MR) is 120 cm³/mol. The summed E-state index contributed by atoms with van der Waals surface area (Å²) in [5.74, 6) is 2.78. The molecular formula is C24H28N4O4. The first kappa shape index (κ1) is 21.7. The maximum Gasteiger partial charge on any atom is 0.345 e. The fraction of sp³-hybridized carbons (Fsp3) is 0.375. The molecule has 3 aromatic rings. The van der Waals surface area contributed by atoms with Gasteiger partial charge < -0.3 is 14.8 Å². The maximum atomic E-state index is 12.7. The van der Waals surface area contributed by atoms with Crippen molar-refractivity contribution < 1.29 is 14.3 Å². The summed E-state index contributed by atoms with van der Waals surface area (Å²) in [7, 11) is 1.62. The molecule has 168 valence electrons. The first-order valence-corrected chi connectivity index (χ1v) is 11.0. The van der Waals surface area contributed by atoms with Crippen LogP contribution in [0.4, 0.5) is 0 Å². The SMILES string of the molecule is CCCn1nc2n(c1=O)CCC(NC(=O)c1ccc(Oc3ccc(OC)cc3)cc1)CC2. The van der Waals surface area contributed by atoms with Gasteiger partial charge >= 0.3 is 5.69 Å². The van der Waals surface area contributed by atoms with E-state index < -0.39 is 0 Å². The zero-order valence-corrected chi connectivity index (χ0v) is 18.4. The van der Waals surface area contributed by atoms with Crippen molar-refractivity contribution >= 4 is 5.91 Å². The molecular weight excluding hydrogens is 408 g/mol. The summed E-state index contributed by atoms with van der Waals surface area (Å²) in [6.07, 6.45) is 3.01. The Balaban J connectivity index is 1.34. The Morgan fingerprint density at radius 3 is 2.38 bits per heavy atom. The lowest BCUT2D eigenvalue weighted by molar-refractivity contribution is 0.0933. The first-order chi connectivity index (χ1) is 15.6. The minimum atomic E-state index is -0.131. The number of hydrogen-bond acceptors (Lipinski definition) is 5. The van der Waals surface area contributed by atoms with Crippen LogP contribution in [0.3, 0.4) is 0 Å². The van der Waals surface area contributed by atoms with Crippen LogP contribution in [0.5, 0.6) is 17.2 Å². The van der Waals surface area contributed by atoms with Crippen LogP contribution in [0.25, 0.3) is 0 Å². The van der Waals surface area contributed by atoms with E-state index in [1.165, 1.54) is 0 Å². The van der Waals surface area contributed by atoms with Crippen LogP contribution in [0, 0.1) is 0 Å². The minimum Gasteiger partial charge on any atom is -0.497 e. The van der Waals surface area contributed by atoms with Crippen LogP contribution in [-0.2, 0) is 19.5 Å². The van der Waals surface area contributed by atoms with E-state index in [-0.39, 0.29) is 17.6 Å². The largest absolute Gasteiger partial charge is 0.497 e. The van der Waals surface area contributed by atoms with E-state index in [9.17, 15) is 9.59 Å². The molecule has 1 aliphatic rings. The molecule has 8 heteroatoms. The molecule has 0 radical (unpaired) electrons. The van der Waals surface area contributed by atoms with Gasteiger partial charge in [0.1, 0.15) is 23.1 Å². The summed E-state index contributed by atoms with van der Waals surface area (Å²) in [5.41, 5.74) is 0.514. The number of hydrogen-bond donors (Lipinski definition) is 1. The van der Waals surface area contributed by atoms with Gasteiger partial charge in [-0.3, -0.25) is 9.36 Å². The van der Waals surface area contributed by atoms with Crippen LogP contribution >= 0.6 is 0 Å². The molecule has 0 saturated carbocycles. The lowest BCUT2D eigenvalue weighted by Gasteiger charge is -2.16. The minimum absolute atomic E-state index is 0.00143. The molecule has 2 heterocycles. The molecule has 1 unspecified atom stereocenters. The van der Waals surface area contributed by atoms with E-state index in [2.05, 4.69) is 10.4 Å². The van der Waals surface area contributed by atoms with Crippen molar-refractivity contribution in [3.63, 3.8) is 0 Å². The zero-order chi connectivity index (χ0) is 22.5. The fourth-order valence-corrected chi connectivity index (χ4v) is 3.85. The van der Waals surface area contributed by atoms with Crippen molar-refractivity contribution in [3.05, 3.63) is 70.4 Å². The highest BCUT2D eigenvalue weighted by atomic mass is 16.5. The van der Waals surface area contributed by atoms with E-state index in [4.69, 9.17) is 9.47 Å². The number of aryl methyl sites for hydroxylation is 2. The number of fused-ring (bicyclic) bond motifs is 1. The maximum absolute atomic E-state index is 12.7. The smallest absolute Gasteiger partial charge is 0.345 e. The molecule has 1 aromatic heterocycles. The van der Waals surface area contributed by atoms with E-state index in [1.54, 1.807) is 40.6 Å². The number of amides is 1. The monoisotopic (exact) mass is 436 g/mol. The number of nitrogens with zero attached hydrogens (tertiary/aromatic N) is 3. The van der Waals surface area contributed by atoms with Crippen molar-refractivity contribution in [2.24, 2.45) is 0 Å². The van der Waals surface area contributed by atoms with Crippen molar-refractivity contribution in [3.8, 4) is 17.2 Å². The van der Waals surface area contributed by atoms with E-state index in [0.29, 0.717) is 43.0 Å². The molecule has 0 spiro atoms. The van der Waals surface area contributed by atoms with Gasteiger partial charge in [0.25, 0.3) is 5.91 Å². The normalized spacial score (nSPS) is 15.5. The molecule has 0 bridgehead atoms. The van der Waals surface area contributed by atoms with Crippen molar-refractivity contribution in [2.75, 3.05) is 7.11 Å². The second-order valence-electron chi connectivity index (χ2n) is 7.87. The summed E-state index contributed by atoms with van der Waals surface area (Å²) >= 11 is 0. The first-order valence-electron chi connectivity index (χ1n) is 11.0. The summed E-state index contributed by atoms with van der Waals surface area (Å²) in [4.78, 5) is 25.2. The van der Waals surface area contributed by atoms with Gasteiger partial charge in [0.2, 0.25) is 0 Å². The molecule has 4 rings (SSSR count). The van der Waals surface area contributed by atoms with Crippen LogP contribution in [-0.4, -0.2) is 33.4 Å². The lowest BCUT2D eigenvalue weighted by Crippen LogP contribution is -2.35. The molecule has 1 N–H and O–H groups in total. The summed E-state index contributed by atoms with van der Waals surface area (Å²) < 4.78 is 14.2. The molecule has 0 fully saturated rings. The van der Waals surface area contributed by atoms with Crippen LogP contribution in [0.1, 0.15) is 42.4 Å². The average Bonchev–Trinajstić information content (AvgIpc) is 2.97. The standard InChI is InChI=1S/C24H28N4O4/c1-3-15-28-24(30)27-16-14-18(6-13-22(27)26-28)25-23(29)17-4-7-20(8-5-17)32-21-11-9-19(31-2)10-12-21/h4-5,7-12,18H,3,6,13-16H2,1-2H3,(H,25,29). The highest BCUT2D eigenvalue weighted by Gasteiger charge is 2.22. The number of ether oxygens (including phenoxy) is 2. The third-order valence-electron chi connectivity index (χ3n) is 5.60. The second kappa shape index (κ2) is 9.72. The van der Waals surface area contributed by atoms with Gasteiger partial charge in [-0.05, 0) is 67.8 Å². The van der Waals surface area contributed by atoms with Crippen LogP contribution in [0.2, 0.25) is 0 Å². The zero-order valence-electron chi connectivity index (χ0n) is 18.4. The van der Waals surface area contributed by atoms with Crippen molar-refractivity contribution in [1.29, 1.82) is 0 Å². The third-order valence-corrected chi connectivity index (χ3v) is 5.60. The highest BCUT2D eigenvalue weighted by Crippen LogP contribution is 2.24. The molecule has 32 heavy (non-hydrogen) atoms. The molecule has 2 aromatic carbocycles. The van der Waals surface area contributed by atoms with Crippen LogP contribution < -0.4 is 20.5 Å². The summed E-state index contributed by atoms with van der Waals surface area (Å²) in [6, 6.07) is 14.4. The number of carbonyl (C=O) groups is 1. The van der Waals surface area contributed by atoms with Crippen LogP contribution in [0.15, 0.2) is 53.3 Å². The van der Waals surface area contributed by atoms with E-state index in [0.717, 1.165) is 24.4 Å². The molecule has 1 atom stereocenters. The Hall–Kier alpha value is -3.55. The van der Waals surface area contributed by atoms with Crippen molar-refractivity contribution in [1.82, 2.24) is 19.7 Å². The molecule has 0 aliphatic carbocycles. The number of benzene rings is 2. The third kappa shape index (κ3) is 4.85. The summed E-state index contributed by atoms with van der Waals surface area (Å²) in [6.45, 7) is 3.23. The Morgan fingerprint density at radius 1 is 1.06 bits per heavy atom. The predicted octanol–water partition coefficient (Wildman–Crippen LogP) is 3.39. The average molecular weight is 437 g/mol. The Morgan fingerprint density at radius 2 is 1.72 bits per heavy atom. The summed E-state index contributed by atoms with van der Waals surface area (Å²) in [5, 5.41) is 7.56. The molecule has 0 saturated heterocycles. The Kier molecular flexibility index (Phi) is 6.58. The van der Waals surface area contributed by atoms with E-state index >= 15 is 0 Å². The van der Waals surface area contributed by atoms with Gasteiger partial charge in [-0.25, -0.2) is 9.48 Å². The van der Waals surface area contributed by atoms with Gasteiger partial charge in [-0.1, -0.05) is 6.92 Å². The van der Waals surface area contributed by atoms with Gasteiger partial charge in [0, 0.05) is 31.1 Å². The quantitative estimate of drug-likeness (QED) is 0.613. The van der Waals surface area contributed by atoms with Crippen molar-refractivity contribution in [2.45, 2.75) is 51.7 Å². The lowest BCUT2D eigenvalue weighted by atomic mass is 10.1. The number of methoxy groups -OCH3 is 1. The number of carbonyl (C=O) groups excluding carboxylic acids is 1. The van der Waals surface area contributed by atoms with Gasteiger partial charge in [0.15, 0.2) is 0 Å².